The SMILES string of the molecule is CCCCCCCCCCCCCCC=CCCCCCC=CCCCCCC=CCCCCCCC(=O)CC. The molecule has 0 N–H and O–H groups in total. The normalized spacial score (nSPS) is 12.1. The number of carbonyl (C=O) groups excluding carboxylic acids is 1. The summed E-state index contributed by atoms with van der Waals surface area (Å²) in [5.74, 6) is 0.421. The van der Waals surface area contributed by atoms with Gasteiger partial charge in [0.05, 0.1) is 0 Å². The molecule has 0 aromatic heterocycles. The van der Waals surface area contributed by atoms with Gasteiger partial charge in [0.2, 0.25) is 0 Å². The van der Waals surface area contributed by atoms with E-state index in [2.05, 4.69) is 43.4 Å². The van der Waals surface area contributed by atoms with Crippen LogP contribution in [0.2, 0.25) is 0 Å². The Kier molecular flexibility index (Phi) is 34.9. The van der Waals surface area contributed by atoms with Crippen molar-refractivity contribution in [2.24, 2.45) is 0 Å². The van der Waals surface area contributed by atoms with Gasteiger partial charge in [0.25, 0.3) is 0 Å². The van der Waals surface area contributed by atoms with Crippen molar-refractivity contribution in [2.45, 2.75) is 206 Å². The fraction of sp³-hybridized carbons (Fsp3) is 0.821. The van der Waals surface area contributed by atoms with Crippen molar-refractivity contribution in [2.75, 3.05) is 0 Å². The van der Waals surface area contributed by atoms with Gasteiger partial charge >= 0.3 is 0 Å². The standard InChI is InChI=1S/C39H72O/c1-3-5-6-7-8-9-10-11-12-13-14-15-16-17-18-19-20-21-22-23-24-25-26-27-28-29-30-31-32-33-34-35-36-37-38-39(40)4-2/h17-18,24-25,31-32H,3-16,19-23,26-30,33-38H2,1-2H3. The van der Waals surface area contributed by atoms with Crippen LogP contribution in [-0.4, -0.2) is 5.78 Å². The van der Waals surface area contributed by atoms with Crippen LogP contribution in [-0.2, 0) is 4.79 Å². The predicted octanol–water partition coefficient (Wildman–Crippen LogP) is 14.0. The van der Waals surface area contributed by atoms with Crippen molar-refractivity contribution in [3.05, 3.63) is 36.5 Å². The van der Waals surface area contributed by atoms with Gasteiger partial charge in [-0.1, -0.05) is 147 Å². The molecule has 0 spiro atoms. The maximum absolute atomic E-state index is 11.3. The van der Waals surface area contributed by atoms with Crippen molar-refractivity contribution in [1.82, 2.24) is 0 Å². The lowest BCUT2D eigenvalue weighted by molar-refractivity contribution is -0.118. The number of hydrogen-bond acceptors (Lipinski definition) is 1. The summed E-state index contributed by atoms with van der Waals surface area (Å²) < 4.78 is 0. The average Bonchev–Trinajstić information content (AvgIpc) is 2.97. The van der Waals surface area contributed by atoms with Crippen molar-refractivity contribution in [3.8, 4) is 0 Å². The molecule has 0 bridgehead atoms. The zero-order valence-corrected chi connectivity index (χ0v) is 27.6. The number of rotatable bonds is 33. The van der Waals surface area contributed by atoms with Gasteiger partial charge in [0.15, 0.2) is 0 Å². The Morgan fingerprint density at radius 3 is 0.900 bits per heavy atom. The maximum atomic E-state index is 11.3. The molecule has 0 atom stereocenters. The Bertz CT molecular complexity index is 569. The molecule has 234 valence electrons. The number of carbonyl (C=O) groups is 1. The van der Waals surface area contributed by atoms with Crippen LogP contribution in [0, 0.1) is 0 Å². The van der Waals surface area contributed by atoms with E-state index in [0.29, 0.717) is 12.2 Å². The van der Waals surface area contributed by atoms with E-state index in [9.17, 15) is 4.79 Å². The second-order valence-corrected chi connectivity index (χ2v) is 12.2. The second-order valence-electron chi connectivity index (χ2n) is 12.2. The molecule has 0 aliphatic heterocycles. The van der Waals surface area contributed by atoms with Crippen molar-refractivity contribution in [3.63, 3.8) is 0 Å². The average molecular weight is 557 g/mol. The van der Waals surface area contributed by atoms with Crippen LogP contribution in [0.4, 0.5) is 0 Å². The third-order valence-corrected chi connectivity index (χ3v) is 8.18. The molecule has 0 heterocycles. The van der Waals surface area contributed by atoms with Crippen LogP contribution in [0.1, 0.15) is 206 Å². The van der Waals surface area contributed by atoms with Crippen LogP contribution in [0.5, 0.6) is 0 Å². The molecule has 1 heteroatoms. The Labute approximate surface area is 253 Å². The van der Waals surface area contributed by atoms with Crippen molar-refractivity contribution >= 4 is 5.78 Å². The van der Waals surface area contributed by atoms with E-state index in [1.54, 1.807) is 0 Å². The minimum atomic E-state index is 0.421. The Morgan fingerprint density at radius 2 is 0.600 bits per heavy atom. The third kappa shape index (κ3) is 34.9. The highest BCUT2D eigenvalue weighted by Gasteiger charge is 1.97. The molecular formula is C39H72O. The molecule has 40 heavy (non-hydrogen) atoms. The topological polar surface area (TPSA) is 17.1 Å². The van der Waals surface area contributed by atoms with E-state index in [0.717, 1.165) is 12.8 Å². The Balaban J connectivity index is 3.21. The molecule has 0 aliphatic carbocycles. The Morgan fingerprint density at radius 1 is 0.350 bits per heavy atom. The first-order valence-electron chi connectivity index (χ1n) is 18.3. The smallest absolute Gasteiger partial charge is 0.132 e. The third-order valence-electron chi connectivity index (χ3n) is 8.18. The molecule has 0 amide bonds. The van der Waals surface area contributed by atoms with Gasteiger partial charge in [-0.15, -0.1) is 0 Å². The molecule has 0 aromatic carbocycles. The summed E-state index contributed by atoms with van der Waals surface area (Å²) in [6, 6.07) is 0. The van der Waals surface area contributed by atoms with E-state index in [4.69, 9.17) is 0 Å². The number of hydrogen-bond donors (Lipinski definition) is 0. The van der Waals surface area contributed by atoms with Crippen LogP contribution in [0.3, 0.4) is 0 Å². The summed E-state index contributed by atoms with van der Waals surface area (Å²) in [5, 5.41) is 0. The molecule has 0 radical (unpaired) electrons. The van der Waals surface area contributed by atoms with E-state index in [-0.39, 0.29) is 0 Å². The molecular weight excluding hydrogens is 484 g/mol. The van der Waals surface area contributed by atoms with Crippen LogP contribution >= 0.6 is 0 Å². The Hall–Kier alpha value is -1.11. The first-order chi connectivity index (χ1) is 19.8. The van der Waals surface area contributed by atoms with Gasteiger partial charge in [0.1, 0.15) is 5.78 Å². The second kappa shape index (κ2) is 35.9. The molecule has 0 saturated carbocycles. The highest BCUT2D eigenvalue weighted by Crippen LogP contribution is 2.13. The fourth-order valence-corrected chi connectivity index (χ4v) is 5.33. The quantitative estimate of drug-likeness (QED) is 0.0580. The summed E-state index contributed by atoms with van der Waals surface area (Å²) in [5.41, 5.74) is 0. The highest BCUT2D eigenvalue weighted by molar-refractivity contribution is 5.77. The summed E-state index contributed by atoms with van der Waals surface area (Å²) in [7, 11) is 0. The summed E-state index contributed by atoms with van der Waals surface area (Å²) in [6.07, 6.45) is 53.7. The zero-order valence-electron chi connectivity index (χ0n) is 27.6. The molecule has 0 aliphatic rings. The molecule has 0 rings (SSSR count). The van der Waals surface area contributed by atoms with Crippen molar-refractivity contribution in [1.29, 1.82) is 0 Å². The van der Waals surface area contributed by atoms with E-state index in [1.165, 1.54) is 173 Å². The molecule has 0 fully saturated rings. The van der Waals surface area contributed by atoms with Gasteiger partial charge in [-0.05, 0) is 83.5 Å². The first-order valence-corrected chi connectivity index (χ1v) is 18.3. The lowest BCUT2D eigenvalue weighted by Gasteiger charge is -2.02. The molecule has 0 unspecified atom stereocenters. The van der Waals surface area contributed by atoms with E-state index >= 15 is 0 Å². The number of ketones is 1. The largest absolute Gasteiger partial charge is 0.300 e. The number of Topliss-reactive ketones (excluding diaryl/α,β-unsaturated/α-hetero) is 1. The summed E-state index contributed by atoms with van der Waals surface area (Å²) in [6.45, 7) is 4.26. The summed E-state index contributed by atoms with van der Waals surface area (Å²) in [4.78, 5) is 11.3. The van der Waals surface area contributed by atoms with Gasteiger partial charge in [0, 0.05) is 12.8 Å². The van der Waals surface area contributed by atoms with Crippen LogP contribution in [0.15, 0.2) is 36.5 Å². The predicted molar refractivity (Wildman–Crippen MR) is 182 cm³/mol. The van der Waals surface area contributed by atoms with Gasteiger partial charge in [-0.2, -0.15) is 0 Å². The molecule has 0 saturated heterocycles. The van der Waals surface area contributed by atoms with Gasteiger partial charge in [-0.25, -0.2) is 0 Å². The molecule has 1 nitrogen and oxygen atoms in total. The van der Waals surface area contributed by atoms with Crippen molar-refractivity contribution < 1.29 is 4.79 Å². The minimum absolute atomic E-state index is 0.421. The monoisotopic (exact) mass is 557 g/mol. The van der Waals surface area contributed by atoms with Crippen LogP contribution in [0.25, 0.3) is 0 Å². The lowest BCUT2D eigenvalue weighted by Crippen LogP contribution is -1.93. The number of allylic oxidation sites excluding steroid dienone is 6. The highest BCUT2D eigenvalue weighted by atomic mass is 16.1. The van der Waals surface area contributed by atoms with E-state index < -0.39 is 0 Å². The van der Waals surface area contributed by atoms with Gasteiger partial charge < -0.3 is 0 Å². The minimum Gasteiger partial charge on any atom is -0.300 e. The van der Waals surface area contributed by atoms with Gasteiger partial charge in [-0.3, -0.25) is 4.79 Å². The zero-order chi connectivity index (χ0) is 29.0. The lowest BCUT2D eigenvalue weighted by atomic mass is 10.0. The molecule has 0 aromatic rings. The van der Waals surface area contributed by atoms with Crippen LogP contribution < -0.4 is 0 Å². The van der Waals surface area contributed by atoms with E-state index in [1.807, 2.05) is 6.92 Å². The summed E-state index contributed by atoms with van der Waals surface area (Å²) >= 11 is 0. The fourth-order valence-electron chi connectivity index (χ4n) is 5.33. The number of unbranched alkanes of at least 4 members (excludes halogenated alkanes) is 24. The maximum Gasteiger partial charge on any atom is 0.132 e. The first kappa shape index (κ1) is 38.9.